The number of Topliss-reactive ketones (excluding diaryl/α,β-unsaturated/α-hetero) is 1. The van der Waals surface area contributed by atoms with Crippen molar-refractivity contribution in [3.05, 3.63) is 24.0 Å². The van der Waals surface area contributed by atoms with E-state index in [0.717, 1.165) is 5.56 Å². The third kappa shape index (κ3) is 4.35. The van der Waals surface area contributed by atoms with Gasteiger partial charge in [0.05, 0.1) is 0 Å². The number of hydrogen-bond acceptors (Lipinski definition) is 1. The lowest BCUT2D eigenvalue weighted by atomic mass is 10.3. The van der Waals surface area contributed by atoms with Crippen molar-refractivity contribution in [2.24, 2.45) is 0 Å². The molecule has 2 heteroatoms. The first-order valence-corrected chi connectivity index (χ1v) is 3.94. The van der Waals surface area contributed by atoms with Crippen molar-refractivity contribution in [1.82, 2.24) is 4.98 Å². The standard InChI is InChI=1S/C8H7NO.C2H6/c1-7(10)2-3-8-4-5-9-6-8;1-2/h4-6,9H,1H3;1-2H3. The van der Waals surface area contributed by atoms with Crippen molar-refractivity contribution in [1.29, 1.82) is 0 Å². The summed E-state index contributed by atoms with van der Waals surface area (Å²) >= 11 is 0. The van der Waals surface area contributed by atoms with Crippen molar-refractivity contribution >= 4 is 5.78 Å². The second-order valence-electron chi connectivity index (χ2n) is 1.91. The highest BCUT2D eigenvalue weighted by Gasteiger charge is 1.83. The Morgan fingerprint density at radius 2 is 2.17 bits per heavy atom. The van der Waals surface area contributed by atoms with E-state index in [1.807, 2.05) is 19.9 Å². The lowest BCUT2D eigenvalue weighted by Gasteiger charge is -1.73. The maximum absolute atomic E-state index is 10.4. The summed E-state index contributed by atoms with van der Waals surface area (Å²) in [7, 11) is 0. The van der Waals surface area contributed by atoms with Crippen LogP contribution in [0.2, 0.25) is 0 Å². The van der Waals surface area contributed by atoms with Gasteiger partial charge in [0.1, 0.15) is 0 Å². The van der Waals surface area contributed by atoms with Crippen LogP contribution in [0.3, 0.4) is 0 Å². The van der Waals surface area contributed by atoms with Gasteiger partial charge in [-0.25, -0.2) is 0 Å². The van der Waals surface area contributed by atoms with Gasteiger partial charge in [0.15, 0.2) is 0 Å². The topological polar surface area (TPSA) is 32.9 Å². The number of carbonyl (C=O) groups excluding carboxylic acids is 1. The number of nitrogens with one attached hydrogen (secondary N) is 1. The van der Waals surface area contributed by atoms with E-state index in [0.29, 0.717) is 0 Å². The number of carbonyl (C=O) groups is 1. The van der Waals surface area contributed by atoms with Gasteiger partial charge in [-0.15, -0.1) is 0 Å². The molecule has 0 saturated carbocycles. The molecule has 0 radical (unpaired) electrons. The Bertz CT molecular complexity index is 275. The monoisotopic (exact) mass is 163 g/mol. The average molecular weight is 163 g/mol. The first-order chi connectivity index (χ1) is 5.79. The molecule has 0 atom stereocenters. The van der Waals surface area contributed by atoms with E-state index in [2.05, 4.69) is 16.8 Å². The highest BCUT2D eigenvalue weighted by atomic mass is 16.1. The third-order valence-electron chi connectivity index (χ3n) is 0.981. The van der Waals surface area contributed by atoms with Crippen LogP contribution < -0.4 is 0 Å². The van der Waals surface area contributed by atoms with E-state index in [-0.39, 0.29) is 5.78 Å². The van der Waals surface area contributed by atoms with Gasteiger partial charge in [-0.2, -0.15) is 0 Å². The Hall–Kier alpha value is -1.49. The van der Waals surface area contributed by atoms with Crippen molar-refractivity contribution in [2.45, 2.75) is 20.8 Å². The van der Waals surface area contributed by atoms with Crippen LogP contribution in [-0.4, -0.2) is 10.8 Å². The molecule has 0 spiro atoms. The molecule has 12 heavy (non-hydrogen) atoms. The molecule has 0 unspecified atom stereocenters. The van der Waals surface area contributed by atoms with Crippen LogP contribution in [0.15, 0.2) is 18.5 Å². The summed E-state index contributed by atoms with van der Waals surface area (Å²) in [6, 6.07) is 1.82. The molecule has 0 aromatic carbocycles. The summed E-state index contributed by atoms with van der Waals surface area (Å²) in [6.07, 6.45) is 3.51. The molecule has 0 bridgehead atoms. The molecule has 0 fully saturated rings. The number of H-pyrrole nitrogens is 1. The number of rotatable bonds is 0. The Labute approximate surface area is 73.0 Å². The maximum atomic E-state index is 10.4. The van der Waals surface area contributed by atoms with E-state index in [4.69, 9.17) is 0 Å². The fraction of sp³-hybridized carbons (Fsp3) is 0.300. The molecule has 64 valence electrons. The molecule has 0 aliphatic rings. The quantitative estimate of drug-likeness (QED) is 0.583. The van der Waals surface area contributed by atoms with E-state index in [1.54, 1.807) is 12.4 Å². The number of ketones is 1. The summed E-state index contributed by atoms with van der Waals surface area (Å²) in [5.41, 5.74) is 0.843. The van der Waals surface area contributed by atoms with Gasteiger partial charge in [0.2, 0.25) is 5.78 Å². The summed E-state index contributed by atoms with van der Waals surface area (Å²) in [5.74, 6) is 5.02. The minimum atomic E-state index is -0.110. The predicted molar refractivity (Wildman–Crippen MR) is 49.7 cm³/mol. The average Bonchev–Trinajstić information content (AvgIpc) is 2.56. The largest absolute Gasteiger partial charge is 0.367 e. The lowest BCUT2D eigenvalue weighted by molar-refractivity contribution is -0.111. The molecule has 2 nitrogen and oxygen atoms in total. The van der Waals surface area contributed by atoms with Gasteiger partial charge in [0, 0.05) is 24.9 Å². The number of aromatic nitrogens is 1. The van der Waals surface area contributed by atoms with Gasteiger partial charge < -0.3 is 4.98 Å². The Morgan fingerprint density at radius 3 is 2.58 bits per heavy atom. The fourth-order valence-electron chi connectivity index (χ4n) is 0.562. The molecular formula is C10H13NO. The van der Waals surface area contributed by atoms with Gasteiger partial charge in [0.25, 0.3) is 0 Å². The predicted octanol–water partition coefficient (Wildman–Crippen LogP) is 1.98. The summed E-state index contributed by atoms with van der Waals surface area (Å²) in [4.78, 5) is 13.2. The zero-order chi connectivity index (χ0) is 9.40. The van der Waals surface area contributed by atoms with Gasteiger partial charge in [-0.05, 0) is 12.0 Å². The molecular weight excluding hydrogens is 150 g/mol. The molecule has 1 rings (SSSR count). The Morgan fingerprint density at radius 1 is 1.50 bits per heavy atom. The molecule has 0 saturated heterocycles. The summed E-state index contributed by atoms with van der Waals surface area (Å²) in [6.45, 7) is 5.44. The molecule has 0 aliphatic heterocycles. The Balaban J connectivity index is 0.000000561. The third-order valence-corrected chi connectivity index (χ3v) is 0.981. The van der Waals surface area contributed by atoms with E-state index in [9.17, 15) is 4.79 Å². The van der Waals surface area contributed by atoms with Crippen LogP contribution in [0.25, 0.3) is 0 Å². The van der Waals surface area contributed by atoms with Crippen LogP contribution in [0.5, 0.6) is 0 Å². The minimum Gasteiger partial charge on any atom is -0.367 e. The van der Waals surface area contributed by atoms with Crippen LogP contribution in [0.4, 0.5) is 0 Å². The zero-order valence-corrected chi connectivity index (χ0v) is 7.64. The number of hydrogen-bond donors (Lipinski definition) is 1. The van der Waals surface area contributed by atoms with Crippen LogP contribution in [0.1, 0.15) is 26.3 Å². The zero-order valence-electron chi connectivity index (χ0n) is 7.64. The fourth-order valence-corrected chi connectivity index (χ4v) is 0.562. The lowest BCUT2D eigenvalue weighted by Crippen LogP contribution is -1.79. The van der Waals surface area contributed by atoms with Crippen LogP contribution in [0, 0.1) is 11.8 Å². The minimum absolute atomic E-state index is 0.110. The smallest absolute Gasteiger partial charge is 0.202 e. The molecule has 0 amide bonds. The van der Waals surface area contributed by atoms with Crippen LogP contribution >= 0.6 is 0 Å². The first-order valence-electron chi connectivity index (χ1n) is 3.94. The summed E-state index contributed by atoms with van der Waals surface area (Å²) in [5, 5.41) is 0. The highest BCUT2D eigenvalue weighted by Crippen LogP contribution is 1.91. The SMILES string of the molecule is CC.CC(=O)C#Cc1cc[nH]c1. The van der Waals surface area contributed by atoms with Crippen LogP contribution in [-0.2, 0) is 4.79 Å². The normalized spacial score (nSPS) is 7.25. The second-order valence-corrected chi connectivity index (χ2v) is 1.91. The van der Waals surface area contributed by atoms with Crippen molar-refractivity contribution in [3.8, 4) is 11.8 Å². The molecule has 1 N–H and O–H groups in total. The van der Waals surface area contributed by atoms with Crippen molar-refractivity contribution in [3.63, 3.8) is 0 Å². The number of aromatic amines is 1. The maximum Gasteiger partial charge on any atom is 0.202 e. The van der Waals surface area contributed by atoms with Crippen molar-refractivity contribution < 1.29 is 4.79 Å². The summed E-state index contributed by atoms with van der Waals surface area (Å²) < 4.78 is 0. The van der Waals surface area contributed by atoms with Crippen molar-refractivity contribution in [2.75, 3.05) is 0 Å². The van der Waals surface area contributed by atoms with Gasteiger partial charge >= 0.3 is 0 Å². The second kappa shape index (κ2) is 6.23. The van der Waals surface area contributed by atoms with Gasteiger partial charge in [-0.3, -0.25) is 4.79 Å². The Kier molecular flexibility index (Phi) is 5.46. The van der Waals surface area contributed by atoms with E-state index in [1.165, 1.54) is 6.92 Å². The van der Waals surface area contributed by atoms with E-state index >= 15 is 0 Å². The van der Waals surface area contributed by atoms with E-state index < -0.39 is 0 Å². The molecule has 0 aliphatic carbocycles. The first kappa shape index (κ1) is 10.5. The van der Waals surface area contributed by atoms with Gasteiger partial charge in [-0.1, -0.05) is 19.8 Å². The molecule has 1 aromatic heterocycles. The molecule has 1 heterocycles. The molecule has 1 aromatic rings. The highest BCUT2D eigenvalue weighted by molar-refractivity contribution is 5.93.